The molecule has 0 saturated heterocycles. The number of hydrogen-bond acceptors (Lipinski definition) is 3. The Morgan fingerprint density at radius 1 is 0.935 bits per heavy atom. The van der Waals surface area contributed by atoms with Crippen LogP contribution in [-0.4, -0.2) is 25.3 Å². The maximum atomic E-state index is 12.2. The third kappa shape index (κ3) is 4.73. The quantitative estimate of drug-likeness (QED) is 0.575. The Kier molecular flexibility index (Phi) is 6.24. The Labute approximate surface area is 183 Å². The van der Waals surface area contributed by atoms with Crippen molar-refractivity contribution in [2.24, 2.45) is 0 Å². The largest absolute Gasteiger partial charge is 0.490 e. The van der Waals surface area contributed by atoms with Crippen LogP contribution in [0.4, 0.5) is 4.79 Å². The van der Waals surface area contributed by atoms with Gasteiger partial charge in [-0.05, 0) is 48.2 Å². The van der Waals surface area contributed by atoms with Gasteiger partial charge in [-0.3, -0.25) is 0 Å². The molecule has 4 heteroatoms. The number of amides is 1. The van der Waals surface area contributed by atoms with Crippen LogP contribution < -0.4 is 10.1 Å². The van der Waals surface area contributed by atoms with Gasteiger partial charge in [-0.1, -0.05) is 72.5 Å². The predicted molar refractivity (Wildman–Crippen MR) is 122 cm³/mol. The Hall–Kier alpha value is -3.71. The van der Waals surface area contributed by atoms with E-state index in [0.717, 1.165) is 11.3 Å². The van der Waals surface area contributed by atoms with Crippen molar-refractivity contribution < 1.29 is 14.3 Å². The third-order valence-corrected chi connectivity index (χ3v) is 5.14. The molecule has 0 saturated carbocycles. The fourth-order valence-corrected chi connectivity index (χ4v) is 3.83. The molecule has 0 atom stereocenters. The summed E-state index contributed by atoms with van der Waals surface area (Å²) in [5.41, 5.74) is 5.60. The molecular weight excluding hydrogens is 386 g/mol. The molecule has 0 bridgehead atoms. The molecule has 0 fully saturated rings. The Bertz CT molecular complexity index is 1090. The number of hydrogen-bond donors (Lipinski definition) is 1. The zero-order valence-corrected chi connectivity index (χ0v) is 17.7. The van der Waals surface area contributed by atoms with Crippen molar-refractivity contribution >= 4 is 6.09 Å². The van der Waals surface area contributed by atoms with Crippen LogP contribution in [0.25, 0.3) is 11.1 Å². The normalized spacial score (nSPS) is 11.8. The molecule has 0 heterocycles. The maximum Gasteiger partial charge on any atom is 0.407 e. The van der Waals surface area contributed by atoms with Gasteiger partial charge in [0.05, 0.1) is 18.2 Å². The standard InChI is InChI=1S/C27H25NO3/c1-19(2)31-26-16-8-3-10-20(26)11-9-17-28-27(29)30-18-25-23-14-6-4-12-21(23)22-13-5-7-15-24(22)25/h3-8,10,12-16,19,25H,17-18H2,1-2H3,(H,28,29). The van der Waals surface area contributed by atoms with Crippen LogP contribution in [0.2, 0.25) is 0 Å². The molecule has 4 nitrogen and oxygen atoms in total. The summed E-state index contributed by atoms with van der Waals surface area (Å²) in [5, 5.41) is 2.71. The van der Waals surface area contributed by atoms with E-state index in [1.54, 1.807) is 0 Å². The van der Waals surface area contributed by atoms with E-state index in [2.05, 4.69) is 41.4 Å². The summed E-state index contributed by atoms with van der Waals surface area (Å²) in [5.74, 6) is 6.80. The smallest absolute Gasteiger partial charge is 0.407 e. The zero-order valence-electron chi connectivity index (χ0n) is 17.7. The van der Waals surface area contributed by atoms with Crippen LogP contribution in [0.15, 0.2) is 72.8 Å². The molecule has 0 unspecified atom stereocenters. The van der Waals surface area contributed by atoms with Crippen molar-refractivity contribution in [3.05, 3.63) is 89.5 Å². The molecule has 3 aromatic carbocycles. The first kappa shape index (κ1) is 20.6. The zero-order chi connectivity index (χ0) is 21.6. The Morgan fingerprint density at radius 3 is 2.23 bits per heavy atom. The van der Waals surface area contributed by atoms with Gasteiger partial charge in [0.25, 0.3) is 0 Å². The number of ether oxygens (including phenoxy) is 2. The number of fused-ring (bicyclic) bond motifs is 3. The second-order valence-electron chi connectivity index (χ2n) is 7.64. The van der Waals surface area contributed by atoms with Crippen molar-refractivity contribution in [1.29, 1.82) is 0 Å². The van der Waals surface area contributed by atoms with E-state index >= 15 is 0 Å². The molecular formula is C27H25NO3. The number of para-hydroxylation sites is 1. The first-order valence-corrected chi connectivity index (χ1v) is 10.5. The third-order valence-electron chi connectivity index (χ3n) is 5.14. The van der Waals surface area contributed by atoms with Crippen molar-refractivity contribution in [2.75, 3.05) is 13.2 Å². The molecule has 1 amide bonds. The highest BCUT2D eigenvalue weighted by Crippen LogP contribution is 2.44. The first-order valence-electron chi connectivity index (χ1n) is 10.5. The van der Waals surface area contributed by atoms with Gasteiger partial charge < -0.3 is 14.8 Å². The van der Waals surface area contributed by atoms with E-state index < -0.39 is 6.09 Å². The van der Waals surface area contributed by atoms with Gasteiger partial charge in [0.2, 0.25) is 0 Å². The van der Waals surface area contributed by atoms with Gasteiger partial charge in [-0.15, -0.1) is 0 Å². The molecule has 156 valence electrons. The minimum atomic E-state index is -0.470. The number of rotatable bonds is 5. The highest BCUT2D eigenvalue weighted by atomic mass is 16.5. The van der Waals surface area contributed by atoms with Crippen LogP contribution in [0.5, 0.6) is 5.75 Å². The van der Waals surface area contributed by atoms with Crippen molar-refractivity contribution in [3.63, 3.8) is 0 Å². The molecule has 1 aliphatic rings. The summed E-state index contributed by atoms with van der Waals surface area (Å²) in [6, 6.07) is 24.2. The lowest BCUT2D eigenvalue weighted by molar-refractivity contribution is 0.144. The van der Waals surface area contributed by atoms with Gasteiger partial charge in [0.1, 0.15) is 12.4 Å². The first-order chi connectivity index (χ1) is 15.1. The number of nitrogens with one attached hydrogen (secondary N) is 1. The maximum absolute atomic E-state index is 12.2. The molecule has 1 aliphatic carbocycles. The molecule has 0 aromatic heterocycles. The highest BCUT2D eigenvalue weighted by Gasteiger charge is 2.28. The van der Waals surface area contributed by atoms with Crippen LogP contribution in [0.3, 0.4) is 0 Å². The average molecular weight is 412 g/mol. The van der Waals surface area contributed by atoms with E-state index in [1.165, 1.54) is 22.3 Å². The van der Waals surface area contributed by atoms with Crippen LogP contribution in [0, 0.1) is 11.8 Å². The van der Waals surface area contributed by atoms with E-state index in [-0.39, 0.29) is 18.6 Å². The Morgan fingerprint density at radius 2 is 1.55 bits per heavy atom. The molecule has 0 spiro atoms. The van der Waals surface area contributed by atoms with Crippen LogP contribution in [0.1, 0.15) is 36.5 Å². The fourth-order valence-electron chi connectivity index (χ4n) is 3.83. The van der Waals surface area contributed by atoms with Gasteiger partial charge >= 0.3 is 6.09 Å². The van der Waals surface area contributed by atoms with Gasteiger partial charge in [0.15, 0.2) is 0 Å². The van der Waals surface area contributed by atoms with Crippen LogP contribution >= 0.6 is 0 Å². The monoisotopic (exact) mass is 411 g/mol. The second kappa shape index (κ2) is 9.40. The Balaban J connectivity index is 1.34. The SMILES string of the molecule is CC(C)Oc1ccccc1C#CCNC(=O)OCC1c2ccccc2-c2ccccc21. The van der Waals surface area contributed by atoms with Crippen LogP contribution in [-0.2, 0) is 4.74 Å². The number of carbonyl (C=O) groups is 1. The number of benzene rings is 3. The summed E-state index contributed by atoms with van der Waals surface area (Å²) in [6.07, 6.45) is -0.398. The summed E-state index contributed by atoms with van der Waals surface area (Å²) in [7, 11) is 0. The predicted octanol–water partition coefficient (Wildman–Crippen LogP) is 5.36. The lowest BCUT2D eigenvalue weighted by atomic mass is 9.98. The second-order valence-corrected chi connectivity index (χ2v) is 7.64. The van der Waals surface area contributed by atoms with E-state index in [0.29, 0.717) is 6.61 Å². The van der Waals surface area contributed by atoms with Gasteiger partial charge in [-0.25, -0.2) is 4.79 Å². The topological polar surface area (TPSA) is 47.6 Å². The summed E-state index contributed by atoms with van der Waals surface area (Å²) in [6.45, 7) is 4.44. The highest BCUT2D eigenvalue weighted by molar-refractivity contribution is 5.79. The van der Waals surface area contributed by atoms with Crippen molar-refractivity contribution in [1.82, 2.24) is 5.32 Å². The molecule has 0 aliphatic heterocycles. The lowest BCUT2D eigenvalue weighted by Crippen LogP contribution is -2.26. The summed E-state index contributed by atoms with van der Waals surface area (Å²) < 4.78 is 11.3. The van der Waals surface area contributed by atoms with Crippen molar-refractivity contribution in [3.8, 4) is 28.7 Å². The molecule has 0 radical (unpaired) electrons. The average Bonchev–Trinajstić information content (AvgIpc) is 3.10. The summed E-state index contributed by atoms with van der Waals surface area (Å²) >= 11 is 0. The van der Waals surface area contributed by atoms with E-state index in [1.807, 2.05) is 62.4 Å². The van der Waals surface area contributed by atoms with E-state index in [9.17, 15) is 4.79 Å². The van der Waals surface area contributed by atoms with Gasteiger partial charge in [0, 0.05) is 5.92 Å². The number of alkyl carbamates (subject to hydrolysis) is 1. The summed E-state index contributed by atoms with van der Waals surface area (Å²) in [4.78, 5) is 12.2. The minimum Gasteiger partial charge on any atom is -0.490 e. The fraction of sp³-hybridized carbons (Fsp3) is 0.222. The van der Waals surface area contributed by atoms with E-state index in [4.69, 9.17) is 9.47 Å². The lowest BCUT2D eigenvalue weighted by Gasteiger charge is -2.14. The van der Waals surface area contributed by atoms with Crippen molar-refractivity contribution in [2.45, 2.75) is 25.9 Å². The molecule has 3 aromatic rings. The molecule has 4 rings (SSSR count). The molecule has 31 heavy (non-hydrogen) atoms. The number of carbonyl (C=O) groups excluding carboxylic acids is 1. The van der Waals surface area contributed by atoms with Gasteiger partial charge in [-0.2, -0.15) is 0 Å². The minimum absolute atomic E-state index is 0.0456. The molecule has 1 N–H and O–H groups in total.